The van der Waals surface area contributed by atoms with Gasteiger partial charge in [0.1, 0.15) is 0 Å². The highest BCUT2D eigenvalue weighted by Gasteiger charge is 2.19. The van der Waals surface area contributed by atoms with E-state index in [-0.39, 0.29) is 0 Å². The Morgan fingerprint density at radius 2 is 0.872 bits per heavy atom. The van der Waals surface area contributed by atoms with Crippen LogP contribution in [0.4, 0.5) is 0 Å². The lowest BCUT2D eigenvalue weighted by Gasteiger charge is -2.12. The van der Waals surface area contributed by atoms with Crippen molar-refractivity contribution in [3.8, 4) is 56.4 Å². The fraction of sp³-hybridized carbons (Fsp3) is 0. The molecule has 0 saturated heterocycles. The molecule has 0 radical (unpaired) electrons. The lowest BCUT2D eigenvalue weighted by molar-refractivity contribution is 1.08. The third-order valence-electron chi connectivity index (χ3n) is 8.76. The van der Waals surface area contributed by atoms with Crippen molar-refractivity contribution in [3.63, 3.8) is 0 Å². The monoisotopic (exact) mass is 617 g/mol. The normalized spacial score (nSPS) is 11.4. The average Bonchev–Trinajstić information content (AvgIpc) is 3.55. The summed E-state index contributed by atoms with van der Waals surface area (Å²) in [6.07, 6.45) is 0. The molecule has 0 atom stereocenters. The molecule has 220 valence electrons. The summed E-state index contributed by atoms with van der Waals surface area (Å²) in [5, 5.41) is 4.98. The molecular formula is C43H27N3S. The molecular weight excluding hydrogens is 591 g/mol. The summed E-state index contributed by atoms with van der Waals surface area (Å²) in [4.78, 5) is 15.1. The highest BCUT2D eigenvalue weighted by atomic mass is 32.1. The van der Waals surface area contributed by atoms with Crippen molar-refractivity contribution in [3.05, 3.63) is 164 Å². The summed E-state index contributed by atoms with van der Waals surface area (Å²) in [5.41, 5.74) is 7.77. The summed E-state index contributed by atoms with van der Waals surface area (Å²) < 4.78 is 2.41. The molecule has 2 aromatic heterocycles. The van der Waals surface area contributed by atoms with E-state index < -0.39 is 0 Å². The first kappa shape index (κ1) is 27.3. The fourth-order valence-corrected chi connectivity index (χ4v) is 7.72. The zero-order valence-electron chi connectivity index (χ0n) is 25.3. The molecule has 9 rings (SSSR count). The Labute approximate surface area is 276 Å². The third-order valence-corrected chi connectivity index (χ3v) is 9.97. The smallest absolute Gasteiger partial charge is 0.165 e. The van der Waals surface area contributed by atoms with Crippen LogP contribution in [0.5, 0.6) is 0 Å². The van der Waals surface area contributed by atoms with Crippen molar-refractivity contribution in [1.82, 2.24) is 15.0 Å². The summed E-state index contributed by atoms with van der Waals surface area (Å²) in [7, 11) is 0. The second-order valence-electron chi connectivity index (χ2n) is 11.6. The standard InChI is InChI=1S/C43H27N3S/c1-3-13-31(14-4-1)41-44-42(32-15-5-2-6-16-32)46-43(45-41)37-27-26-35(39-36-19-9-10-21-38(36)47-40(37)39)30-24-22-29(23-25-30)34-20-11-17-28-12-7-8-18-33(28)34/h1-27H. The van der Waals surface area contributed by atoms with Gasteiger partial charge in [-0.1, -0.05) is 152 Å². The van der Waals surface area contributed by atoms with E-state index in [2.05, 4.69) is 103 Å². The number of hydrogen-bond donors (Lipinski definition) is 0. The first-order chi connectivity index (χ1) is 23.3. The summed E-state index contributed by atoms with van der Waals surface area (Å²) in [6.45, 7) is 0. The van der Waals surface area contributed by atoms with Gasteiger partial charge in [-0.2, -0.15) is 0 Å². The Balaban J connectivity index is 1.23. The van der Waals surface area contributed by atoms with Crippen molar-refractivity contribution < 1.29 is 0 Å². The molecule has 0 saturated carbocycles. The molecule has 0 spiro atoms. The molecule has 2 heterocycles. The SMILES string of the molecule is c1ccc(-c2nc(-c3ccccc3)nc(-c3ccc(-c4ccc(-c5cccc6ccccc56)cc4)c4c3sc3ccccc34)n2)cc1. The van der Waals surface area contributed by atoms with Gasteiger partial charge in [-0.05, 0) is 45.2 Å². The first-order valence-electron chi connectivity index (χ1n) is 15.7. The third kappa shape index (κ3) is 4.87. The average molecular weight is 618 g/mol. The molecule has 0 aliphatic carbocycles. The quantitative estimate of drug-likeness (QED) is 0.193. The van der Waals surface area contributed by atoms with Crippen molar-refractivity contribution in [2.45, 2.75) is 0 Å². The van der Waals surface area contributed by atoms with Crippen LogP contribution in [0.3, 0.4) is 0 Å². The van der Waals surface area contributed by atoms with Gasteiger partial charge in [-0.15, -0.1) is 11.3 Å². The predicted molar refractivity (Wildman–Crippen MR) is 197 cm³/mol. The van der Waals surface area contributed by atoms with Crippen molar-refractivity contribution >= 4 is 42.3 Å². The minimum atomic E-state index is 0.664. The van der Waals surface area contributed by atoms with Crippen LogP contribution in [0.1, 0.15) is 0 Å². The number of nitrogens with zero attached hydrogens (tertiary/aromatic N) is 3. The largest absolute Gasteiger partial charge is 0.208 e. The van der Waals surface area contributed by atoms with Crippen molar-refractivity contribution in [2.24, 2.45) is 0 Å². The molecule has 7 aromatic carbocycles. The van der Waals surface area contributed by atoms with E-state index in [4.69, 9.17) is 15.0 Å². The Morgan fingerprint density at radius 3 is 1.57 bits per heavy atom. The molecule has 0 N–H and O–H groups in total. The minimum absolute atomic E-state index is 0.664. The predicted octanol–water partition coefficient (Wildman–Crippen LogP) is 11.7. The van der Waals surface area contributed by atoms with Gasteiger partial charge in [0.05, 0.1) is 0 Å². The van der Waals surface area contributed by atoms with Crippen LogP contribution < -0.4 is 0 Å². The molecule has 4 heteroatoms. The molecule has 9 aromatic rings. The van der Waals surface area contributed by atoms with Gasteiger partial charge in [0.15, 0.2) is 17.5 Å². The van der Waals surface area contributed by atoms with Gasteiger partial charge in [-0.25, -0.2) is 15.0 Å². The Hall–Kier alpha value is -5.97. The van der Waals surface area contributed by atoms with E-state index in [1.54, 1.807) is 11.3 Å². The molecule has 0 amide bonds. The van der Waals surface area contributed by atoms with Crippen LogP contribution in [-0.2, 0) is 0 Å². The Bertz CT molecular complexity index is 2490. The van der Waals surface area contributed by atoms with Gasteiger partial charge in [0.2, 0.25) is 0 Å². The summed E-state index contributed by atoms with van der Waals surface area (Å²) in [5.74, 6) is 2.00. The molecule has 0 aliphatic rings. The lowest BCUT2D eigenvalue weighted by Crippen LogP contribution is -2.00. The fourth-order valence-electron chi connectivity index (χ4n) is 6.48. The summed E-state index contributed by atoms with van der Waals surface area (Å²) in [6, 6.07) is 57.5. The molecule has 0 unspecified atom stereocenters. The zero-order valence-corrected chi connectivity index (χ0v) is 26.2. The zero-order chi connectivity index (χ0) is 31.2. The lowest BCUT2D eigenvalue weighted by atomic mass is 9.94. The van der Waals surface area contributed by atoms with Crippen molar-refractivity contribution in [2.75, 3.05) is 0 Å². The van der Waals surface area contributed by atoms with Crippen molar-refractivity contribution in [1.29, 1.82) is 0 Å². The second-order valence-corrected chi connectivity index (χ2v) is 12.7. The van der Waals surface area contributed by atoms with Crippen LogP contribution in [0.15, 0.2) is 164 Å². The topological polar surface area (TPSA) is 38.7 Å². The van der Waals surface area contributed by atoms with Crippen LogP contribution in [0.2, 0.25) is 0 Å². The first-order valence-corrected chi connectivity index (χ1v) is 16.5. The van der Waals surface area contributed by atoms with Gasteiger partial charge in [0.25, 0.3) is 0 Å². The number of benzene rings is 7. The van der Waals surface area contributed by atoms with E-state index in [1.807, 2.05) is 60.7 Å². The number of aromatic nitrogens is 3. The summed E-state index contributed by atoms with van der Waals surface area (Å²) >= 11 is 1.80. The maximum absolute atomic E-state index is 5.08. The Kier molecular flexibility index (Phi) is 6.65. The molecule has 47 heavy (non-hydrogen) atoms. The highest BCUT2D eigenvalue weighted by Crippen LogP contribution is 2.45. The van der Waals surface area contributed by atoms with Gasteiger partial charge < -0.3 is 0 Å². The maximum atomic E-state index is 5.08. The van der Waals surface area contributed by atoms with Gasteiger partial charge in [0, 0.05) is 36.9 Å². The van der Waals surface area contributed by atoms with E-state index in [0.29, 0.717) is 17.5 Å². The van der Waals surface area contributed by atoms with Gasteiger partial charge in [-0.3, -0.25) is 0 Å². The van der Waals surface area contributed by atoms with E-state index in [0.717, 1.165) is 16.7 Å². The minimum Gasteiger partial charge on any atom is -0.208 e. The number of thiophene rings is 1. The maximum Gasteiger partial charge on any atom is 0.165 e. The Morgan fingerprint density at radius 1 is 0.340 bits per heavy atom. The van der Waals surface area contributed by atoms with E-state index >= 15 is 0 Å². The molecule has 0 fully saturated rings. The van der Waals surface area contributed by atoms with Crippen LogP contribution in [0.25, 0.3) is 87.4 Å². The highest BCUT2D eigenvalue weighted by molar-refractivity contribution is 7.26. The molecule has 0 bridgehead atoms. The number of fused-ring (bicyclic) bond motifs is 4. The van der Waals surface area contributed by atoms with Crippen LogP contribution >= 0.6 is 11.3 Å². The van der Waals surface area contributed by atoms with E-state index in [1.165, 1.54) is 53.2 Å². The number of rotatable bonds is 5. The van der Waals surface area contributed by atoms with Crippen LogP contribution in [0, 0.1) is 0 Å². The molecule has 3 nitrogen and oxygen atoms in total. The van der Waals surface area contributed by atoms with E-state index in [9.17, 15) is 0 Å². The van der Waals surface area contributed by atoms with Gasteiger partial charge >= 0.3 is 0 Å². The number of hydrogen-bond acceptors (Lipinski definition) is 4. The second kappa shape index (κ2) is 11.4. The van der Waals surface area contributed by atoms with Crippen LogP contribution in [-0.4, -0.2) is 15.0 Å². The molecule has 0 aliphatic heterocycles.